The molecule has 0 bridgehead atoms. The van der Waals surface area contributed by atoms with Gasteiger partial charge in [0.25, 0.3) is 0 Å². The van der Waals surface area contributed by atoms with Gasteiger partial charge in [-0.25, -0.2) is 0 Å². The largest absolute Gasteiger partial charge is 0.453 e. The van der Waals surface area contributed by atoms with Gasteiger partial charge in [-0.15, -0.1) is 0 Å². The van der Waals surface area contributed by atoms with Crippen LogP contribution in [0, 0.1) is 0 Å². The molecule has 0 fully saturated rings. The van der Waals surface area contributed by atoms with Gasteiger partial charge in [0.05, 0.1) is 33.2 Å². The van der Waals surface area contributed by atoms with E-state index in [0.717, 1.165) is 100 Å². The molecule has 408 valence electrons. The van der Waals surface area contributed by atoms with Crippen LogP contribution in [0.4, 0.5) is 34.1 Å². The average molecular weight is 1130 g/mol. The summed E-state index contributed by atoms with van der Waals surface area (Å²) in [6, 6.07) is 97.9. The van der Waals surface area contributed by atoms with Crippen molar-refractivity contribution >= 4 is 126 Å². The minimum absolute atomic E-state index is 0.263. The lowest BCUT2D eigenvalue weighted by molar-refractivity contribution is 0.670. The fourth-order valence-corrected chi connectivity index (χ4v) is 28.6. The Hall–Kier alpha value is -9.73. The number of benzene rings is 13. The van der Waals surface area contributed by atoms with Crippen molar-refractivity contribution in [1.82, 2.24) is 0 Å². The van der Waals surface area contributed by atoms with E-state index in [1.165, 1.54) is 54.6 Å². The number of fused-ring (bicyclic) bond motifs is 16. The molecule has 2 heterocycles. The van der Waals surface area contributed by atoms with Gasteiger partial charge in [0.2, 0.25) is 0 Å². The van der Waals surface area contributed by atoms with Crippen molar-refractivity contribution in [1.29, 1.82) is 0 Å². The highest BCUT2D eigenvalue weighted by Crippen LogP contribution is 2.65. The molecular formula is C79H62N2O2Si2. The Bertz CT molecular complexity index is 5140. The first kappa shape index (κ1) is 51.0. The van der Waals surface area contributed by atoms with Crippen LogP contribution in [0.25, 0.3) is 110 Å². The zero-order valence-electron chi connectivity index (χ0n) is 48.6. The predicted octanol–water partition coefficient (Wildman–Crippen LogP) is 23.2. The molecule has 0 radical (unpaired) electrons. The molecule has 85 heavy (non-hydrogen) atoms. The summed E-state index contributed by atoms with van der Waals surface area (Å²) in [5.41, 5.74) is 20.0. The number of hydrogen-bond donors (Lipinski definition) is 0. The smallest absolute Gasteiger partial charge is 0.159 e. The summed E-state index contributed by atoms with van der Waals surface area (Å²) < 4.78 is 14.2. The van der Waals surface area contributed by atoms with Crippen LogP contribution < -0.4 is 9.80 Å². The molecule has 13 aromatic carbocycles. The predicted molar refractivity (Wildman–Crippen MR) is 367 cm³/mol. The molecule has 0 N–H and O–H groups in total. The SMILES string of the molecule is C[Si](C)(C)C1([Si](C)(C)C)c2cc(N(c3ccccc3)c3cccc4c3oc3c(-c5ccccc5)cccc34)c3ccccc3c2-c2c1c1ccc(N(c3ccccc3)c3cccc4c3oc3c(-c5ccccc5)cccc34)cc1c1ccccc21. The average Bonchev–Trinajstić information content (AvgIpc) is 1.69. The molecule has 4 nitrogen and oxygen atoms in total. The third kappa shape index (κ3) is 7.51. The summed E-state index contributed by atoms with van der Waals surface area (Å²) >= 11 is 0. The second kappa shape index (κ2) is 19.2. The summed E-state index contributed by atoms with van der Waals surface area (Å²) in [5, 5.41) is 12.0. The lowest BCUT2D eigenvalue weighted by Crippen LogP contribution is -2.63. The maximum Gasteiger partial charge on any atom is 0.159 e. The van der Waals surface area contributed by atoms with Crippen molar-refractivity contribution in [2.75, 3.05) is 9.80 Å². The summed E-state index contributed by atoms with van der Waals surface area (Å²) in [7, 11) is -4.68. The van der Waals surface area contributed by atoms with Crippen LogP contribution >= 0.6 is 0 Å². The lowest BCUT2D eigenvalue weighted by atomic mass is 9.89. The van der Waals surface area contributed by atoms with E-state index in [1.807, 2.05) is 0 Å². The van der Waals surface area contributed by atoms with Crippen LogP contribution in [0.3, 0.4) is 0 Å². The van der Waals surface area contributed by atoms with Crippen LogP contribution in [0.15, 0.2) is 276 Å². The van der Waals surface area contributed by atoms with Gasteiger partial charge in [0.15, 0.2) is 11.2 Å². The molecule has 0 saturated carbocycles. The van der Waals surface area contributed by atoms with Crippen molar-refractivity contribution in [2.24, 2.45) is 0 Å². The van der Waals surface area contributed by atoms with Crippen LogP contribution in [0.2, 0.25) is 39.3 Å². The molecule has 1 aliphatic rings. The van der Waals surface area contributed by atoms with Crippen LogP contribution in [0.1, 0.15) is 11.1 Å². The van der Waals surface area contributed by atoms with E-state index in [4.69, 9.17) is 8.83 Å². The molecule has 0 unspecified atom stereocenters. The standard InChI is InChI=1S/C79H62N2O2Si2/c1-84(2,3)79(85(4,5)6)68-50-71(81(54-33-17-10-18-34-54)70-46-26-44-66-64-42-24-40-57(76(64)83-78(66)70)52-29-13-8-14-30-52)59-36-20-22-38-61(59)72(68)73-60-37-21-19-35-58(60)67-49-55(47-48-62(67)74(73)79)80(53-31-15-9-16-32-53)69-45-25-43-65-63-41-23-39-56(75(63)82-77(65)69)51-27-11-7-12-28-51/h7-50H,1-6H3. The number of hydrogen-bond acceptors (Lipinski definition) is 4. The van der Waals surface area contributed by atoms with Crippen molar-refractivity contribution in [3.05, 3.63) is 278 Å². The van der Waals surface area contributed by atoms with Gasteiger partial charge in [0, 0.05) is 59.8 Å². The Morgan fingerprint density at radius 2 is 0.694 bits per heavy atom. The van der Waals surface area contributed by atoms with Crippen LogP contribution in [-0.4, -0.2) is 16.1 Å². The summed E-state index contributed by atoms with van der Waals surface area (Å²) in [6.45, 7) is 15.9. The van der Waals surface area contributed by atoms with Gasteiger partial charge in [-0.05, 0) is 115 Å². The molecule has 0 aliphatic heterocycles. The summed E-state index contributed by atoms with van der Waals surface area (Å²) in [6.07, 6.45) is 0. The van der Waals surface area contributed by atoms with E-state index in [1.54, 1.807) is 0 Å². The Morgan fingerprint density at radius 3 is 1.21 bits per heavy atom. The molecular weight excluding hydrogens is 1070 g/mol. The zero-order valence-corrected chi connectivity index (χ0v) is 50.6. The molecule has 2 aromatic heterocycles. The number of furan rings is 2. The number of para-hydroxylation sites is 6. The highest BCUT2D eigenvalue weighted by atomic mass is 28.4. The third-order valence-electron chi connectivity index (χ3n) is 18.5. The van der Waals surface area contributed by atoms with Gasteiger partial charge in [-0.2, -0.15) is 0 Å². The fourth-order valence-electron chi connectivity index (χ4n) is 15.5. The van der Waals surface area contributed by atoms with Crippen molar-refractivity contribution < 1.29 is 8.83 Å². The van der Waals surface area contributed by atoms with Crippen LogP contribution in [-0.2, 0) is 4.66 Å². The topological polar surface area (TPSA) is 32.8 Å². The molecule has 0 spiro atoms. The second-order valence-electron chi connectivity index (χ2n) is 25.1. The highest BCUT2D eigenvalue weighted by molar-refractivity contribution is 7.00. The monoisotopic (exact) mass is 1130 g/mol. The fraction of sp³-hybridized carbons (Fsp3) is 0.0886. The van der Waals surface area contributed by atoms with Gasteiger partial charge in [0.1, 0.15) is 11.2 Å². The zero-order chi connectivity index (χ0) is 57.3. The van der Waals surface area contributed by atoms with Crippen LogP contribution in [0.5, 0.6) is 0 Å². The van der Waals surface area contributed by atoms with E-state index < -0.39 is 16.1 Å². The van der Waals surface area contributed by atoms with Crippen molar-refractivity contribution in [2.45, 2.75) is 43.9 Å². The Labute approximate surface area is 497 Å². The molecule has 6 heteroatoms. The summed E-state index contributed by atoms with van der Waals surface area (Å²) in [5.74, 6) is 0. The van der Waals surface area contributed by atoms with E-state index in [9.17, 15) is 0 Å². The van der Waals surface area contributed by atoms with Gasteiger partial charge < -0.3 is 18.6 Å². The number of nitrogens with zero attached hydrogens (tertiary/aromatic N) is 2. The van der Waals surface area contributed by atoms with E-state index in [2.05, 4.69) is 316 Å². The first-order chi connectivity index (χ1) is 41.5. The normalized spacial score (nSPS) is 13.2. The van der Waals surface area contributed by atoms with Gasteiger partial charge in [-0.1, -0.05) is 252 Å². The van der Waals surface area contributed by atoms with E-state index in [-0.39, 0.29) is 4.66 Å². The molecule has 1 aliphatic carbocycles. The Balaban J connectivity index is 0.969. The summed E-state index contributed by atoms with van der Waals surface area (Å²) in [4.78, 5) is 4.92. The number of rotatable bonds is 10. The maximum absolute atomic E-state index is 7.30. The minimum atomic E-state index is -2.34. The van der Waals surface area contributed by atoms with Gasteiger partial charge >= 0.3 is 0 Å². The number of anilines is 6. The molecule has 0 amide bonds. The maximum atomic E-state index is 7.30. The molecule has 15 aromatic rings. The van der Waals surface area contributed by atoms with Crippen molar-refractivity contribution in [3.8, 4) is 33.4 Å². The lowest BCUT2D eigenvalue weighted by Gasteiger charge is -2.52. The Morgan fingerprint density at radius 1 is 0.282 bits per heavy atom. The van der Waals surface area contributed by atoms with Crippen molar-refractivity contribution in [3.63, 3.8) is 0 Å². The highest BCUT2D eigenvalue weighted by Gasteiger charge is 2.61. The minimum Gasteiger partial charge on any atom is -0.453 e. The molecule has 0 saturated heterocycles. The molecule has 16 rings (SSSR count). The molecule has 0 atom stereocenters. The Kier molecular flexibility index (Phi) is 11.5. The van der Waals surface area contributed by atoms with E-state index in [0.29, 0.717) is 0 Å². The first-order valence-corrected chi connectivity index (χ1v) is 36.7. The quantitative estimate of drug-likeness (QED) is 0.101. The van der Waals surface area contributed by atoms with Gasteiger partial charge in [-0.3, -0.25) is 0 Å². The van der Waals surface area contributed by atoms with E-state index >= 15 is 0 Å². The second-order valence-corrected chi connectivity index (χ2v) is 36.1. The first-order valence-electron chi connectivity index (χ1n) is 29.7. The third-order valence-corrected chi connectivity index (χ3v) is 28.5.